The fourth-order valence-electron chi connectivity index (χ4n) is 2.84. The molecule has 0 spiro atoms. The van der Waals surface area contributed by atoms with Crippen molar-refractivity contribution in [3.8, 4) is 0 Å². The van der Waals surface area contributed by atoms with E-state index >= 15 is 0 Å². The van der Waals surface area contributed by atoms with Gasteiger partial charge in [0.15, 0.2) is 0 Å². The molecule has 112 valence electrons. The highest BCUT2D eigenvalue weighted by molar-refractivity contribution is 8.00. The predicted octanol–water partition coefficient (Wildman–Crippen LogP) is 4.91. The van der Waals surface area contributed by atoms with Crippen LogP contribution in [0.3, 0.4) is 0 Å². The summed E-state index contributed by atoms with van der Waals surface area (Å²) in [5.41, 5.74) is 1.45. The number of nitrogens with zero attached hydrogens (tertiary/aromatic N) is 2. The van der Waals surface area contributed by atoms with E-state index < -0.39 is 0 Å². The van der Waals surface area contributed by atoms with Crippen LogP contribution in [0.15, 0.2) is 23.4 Å². The maximum Gasteiger partial charge on any atom is 0.101 e. The van der Waals surface area contributed by atoms with E-state index in [1.807, 2.05) is 18.0 Å². The molecule has 1 fully saturated rings. The summed E-state index contributed by atoms with van der Waals surface area (Å²) in [5, 5.41) is 1.23. The second-order valence-electron chi connectivity index (χ2n) is 6.66. The van der Waals surface area contributed by atoms with E-state index in [0.717, 1.165) is 0 Å². The van der Waals surface area contributed by atoms with Gasteiger partial charge in [0.05, 0.1) is 0 Å². The van der Waals surface area contributed by atoms with Gasteiger partial charge in [0, 0.05) is 22.5 Å². The molecular weight excluding hydrogens is 264 g/mol. The second-order valence-corrected chi connectivity index (χ2v) is 8.48. The van der Waals surface area contributed by atoms with Gasteiger partial charge >= 0.3 is 0 Å². The van der Waals surface area contributed by atoms with E-state index in [-0.39, 0.29) is 4.75 Å². The molecule has 0 aromatic carbocycles. The third-order valence-corrected chi connectivity index (χ3v) is 4.87. The van der Waals surface area contributed by atoms with Crippen molar-refractivity contribution >= 4 is 11.8 Å². The van der Waals surface area contributed by atoms with Crippen LogP contribution in [-0.2, 0) is 0 Å². The number of hydrogen-bond donors (Lipinski definition) is 0. The summed E-state index contributed by atoms with van der Waals surface area (Å²) in [6, 6.07) is 4.97. The van der Waals surface area contributed by atoms with Gasteiger partial charge in [-0.3, -0.25) is 4.90 Å². The zero-order valence-corrected chi connectivity index (χ0v) is 14.2. The van der Waals surface area contributed by atoms with Crippen LogP contribution < -0.4 is 0 Å². The largest absolute Gasteiger partial charge is 0.296 e. The molecule has 0 amide bonds. The number of rotatable bonds is 5. The maximum absolute atomic E-state index is 4.66. The smallest absolute Gasteiger partial charge is 0.101 e. The van der Waals surface area contributed by atoms with Gasteiger partial charge in [0.1, 0.15) is 5.03 Å². The standard InChI is InChI=1S/C17H28N2S/c1-5-6-12-19-13-8-10-15(19)14-9-7-11-18-16(14)20-17(2,3)4/h7,9,11,15H,5-6,8,10,12-13H2,1-4H3/t15-/m1/s1. The lowest BCUT2D eigenvalue weighted by molar-refractivity contribution is 0.250. The van der Waals surface area contributed by atoms with Crippen molar-refractivity contribution < 1.29 is 0 Å². The zero-order valence-electron chi connectivity index (χ0n) is 13.4. The molecule has 0 N–H and O–H groups in total. The molecule has 20 heavy (non-hydrogen) atoms. The SMILES string of the molecule is CCCCN1CCC[C@@H]1c1cccnc1SC(C)(C)C. The van der Waals surface area contributed by atoms with Crippen LogP contribution >= 0.6 is 11.8 Å². The van der Waals surface area contributed by atoms with Gasteiger partial charge in [0.2, 0.25) is 0 Å². The zero-order chi connectivity index (χ0) is 14.6. The molecule has 2 heterocycles. The highest BCUT2D eigenvalue weighted by atomic mass is 32.2. The molecule has 1 atom stereocenters. The van der Waals surface area contributed by atoms with E-state index in [4.69, 9.17) is 0 Å². The lowest BCUT2D eigenvalue weighted by atomic mass is 10.1. The Morgan fingerprint density at radius 1 is 1.40 bits per heavy atom. The summed E-state index contributed by atoms with van der Waals surface area (Å²) >= 11 is 1.90. The monoisotopic (exact) mass is 292 g/mol. The van der Waals surface area contributed by atoms with Gasteiger partial charge in [0.25, 0.3) is 0 Å². The molecule has 0 saturated carbocycles. The topological polar surface area (TPSA) is 16.1 Å². The summed E-state index contributed by atoms with van der Waals surface area (Å²) in [6.07, 6.45) is 7.12. The van der Waals surface area contributed by atoms with Crippen molar-refractivity contribution in [3.63, 3.8) is 0 Å². The van der Waals surface area contributed by atoms with Gasteiger partial charge in [-0.05, 0) is 38.4 Å². The van der Waals surface area contributed by atoms with Crippen LogP contribution in [0.1, 0.15) is 65.0 Å². The molecule has 1 aliphatic heterocycles. The normalized spacial score (nSPS) is 20.5. The van der Waals surface area contributed by atoms with Crippen molar-refractivity contribution in [1.82, 2.24) is 9.88 Å². The summed E-state index contributed by atoms with van der Waals surface area (Å²) < 4.78 is 0.218. The third kappa shape index (κ3) is 4.23. The molecule has 1 saturated heterocycles. The third-order valence-electron chi connectivity index (χ3n) is 3.72. The Kier molecular flexibility index (Phi) is 5.50. The Bertz CT molecular complexity index is 425. The van der Waals surface area contributed by atoms with Crippen LogP contribution in [-0.4, -0.2) is 27.7 Å². The molecule has 0 radical (unpaired) electrons. The number of pyridine rings is 1. The van der Waals surface area contributed by atoms with Gasteiger partial charge < -0.3 is 0 Å². The Morgan fingerprint density at radius 2 is 2.20 bits per heavy atom. The first-order valence-corrected chi connectivity index (χ1v) is 8.71. The average molecular weight is 292 g/mol. The van der Waals surface area contributed by atoms with E-state index in [9.17, 15) is 0 Å². The molecule has 0 unspecified atom stereocenters. The van der Waals surface area contributed by atoms with E-state index in [1.165, 1.54) is 49.4 Å². The van der Waals surface area contributed by atoms with E-state index in [0.29, 0.717) is 6.04 Å². The van der Waals surface area contributed by atoms with Crippen LogP contribution in [0, 0.1) is 0 Å². The molecule has 3 heteroatoms. The first-order chi connectivity index (χ1) is 9.51. The average Bonchev–Trinajstić information content (AvgIpc) is 2.83. The first-order valence-electron chi connectivity index (χ1n) is 7.89. The number of thioether (sulfide) groups is 1. The van der Waals surface area contributed by atoms with Crippen molar-refractivity contribution in [1.29, 1.82) is 0 Å². The number of aromatic nitrogens is 1. The van der Waals surface area contributed by atoms with Crippen molar-refractivity contribution in [2.45, 2.75) is 69.2 Å². The summed E-state index contributed by atoms with van der Waals surface area (Å²) in [7, 11) is 0. The minimum atomic E-state index is 0.218. The lowest BCUT2D eigenvalue weighted by Gasteiger charge is -2.27. The minimum Gasteiger partial charge on any atom is -0.296 e. The fourth-order valence-corrected chi connectivity index (χ4v) is 3.85. The van der Waals surface area contributed by atoms with E-state index in [1.54, 1.807) is 0 Å². The van der Waals surface area contributed by atoms with Gasteiger partial charge in [-0.25, -0.2) is 4.98 Å². The Labute approximate surface area is 128 Å². The molecule has 2 nitrogen and oxygen atoms in total. The Morgan fingerprint density at radius 3 is 2.90 bits per heavy atom. The van der Waals surface area contributed by atoms with Crippen molar-refractivity contribution in [2.24, 2.45) is 0 Å². The molecule has 1 aromatic heterocycles. The Hall–Kier alpha value is -0.540. The van der Waals surface area contributed by atoms with Crippen molar-refractivity contribution in [3.05, 3.63) is 23.9 Å². The number of hydrogen-bond acceptors (Lipinski definition) is 3. The number of likely N-dealkylation sites (tertiary alicyclic amines) is 1. The minimum absolute atomic E-state index is 0.218. The number of unbranched alkanes of at least 4 members (excludes halogenated alkanes) is 1. The highest BCUT2D eigenvalue weighted by Gasteiger charge is 2.28. The summed E-state index contributed by atoms with van der Waals surface area (Å²) in [4.78, 5) is 7.32. The molecule has 0 bridgehead atoms. The lowest BCUT2D eigenvalue weighted by Crippen LogP contribution is -2.25. The molecular formula is C17H28N2S. The Balaban J connectivity index is 2.18. The quantitative estimate of drug-likeness (QED) is 0.717. The van der Waals surface area contributed by atoms with Crippen LogP contribution in [0.25, 0.3) is 0 Å². The maximum atomic E-state index is 4.66. The van der Waals surface area contributed by atoms with E-state index in [2.05, 4.69) is 49.7 Å². The molecule has 2 rings (SSSR count). The fraction of sp³-hybridized carbons (Fsp3) is 0.706. The predicted molar refractivity (Wildman–Crippen MR) is 88.3 cm³/mol. The van der Waals surface area contributed by atoms with Crippen LogP contribution in [0.4, 0.5) is 0 Å². The first kappa shape index (κ1) is 15.8. The highest BCUT2D eigenvalue weighted by Crippen LogP contribution is 2.40. The molecule has 1 aromatic rings. The van der Waals surface area contributed by atoms with Crippen LogP contribution in [0.5, 0.6) is 0 Å². The van der Waals surface area contributed by atoms with Gasteiger partial charge in [-0.15, -0.1) is 11.8 Å². The van der Waals surface area contributed by atoms with Crippen molar-refractivity contribution in [2.75, 3.05) is 13.1 Å². The summed E-state index contributed by atoms with van der Waals surface area (Å²) in [5.74, 6) is 0. The molecule has 1 aliphatic rings. The van der Waals surface area contributed by atoms with Gasteiger partial charge in [-0.2, -0.15) is 0 Å². The van der Waals surface area contributed by atoms with Crippen LogP contribution in [0.2, 0.25) is 0 Å². The summed E-state index contributed by atoms with van der Waals surface area (Å²) in [6.45, 7) is 11.5. The second kappa shape index (κ2) is 6.95. The van der Waals surface area contributed by atoms with Gasteiger partial charge in [-0.1, -0.05) is 40.2 Å². The molecule has 0 aliphatic carbocycles.